The summed E-state index contributed by atoms with van der Waals surface area (Å²) >= 11 is 5.93. The van der Waals surface area contributed by atoms with E-state index in [0.29, 0.717) is 29.5 Å². The van der Waals surface area contributed by atoms with E-state index in [1.54, 1.807) is 24.3 Å². The molecule has 0 saturated carbocycles. The number of benzene rings is 4. The largest absolute Gasteiger partial charge is 0.489 e. The fourth-order valence-corrected chi connectivity index (χ4v) is 3.94. The predicted octanol–water partition coefficient (Wildman–Crippen LogP) is 6.70. The van der Waals surface area contributed by atoms with Crippen LogP contribution in [0.1, 0.15) is 21.5 Å². The van der Waals surface area contributed by atoms with Gasteiger partial charge in [-0.25, -0.2) is 4.68 Å². The quantitative estimate of drug-likeness (QED) is 0.261. The summed E-state index contributed by atoms with van der Waals surface area (Å²) in [7, 11) is 0. The second-order valence-electron chi connectivity index (χ2n) is 8.27. The minimum absolute atomic E-state index is 0.161. The van der Waals surface area contributed by atoms with E-state index in [1.807, 2.05) is 95.8 Å². The Morgan fingerprint density at radius 1 is 0.833 bits per heavy atom. The number of hydrogen-bond acceptors (Lipinski definition) is 3. The van der Waals surface area contributed by atoms with Gasteiger partial charge in [-0.3, -0.25) is 4.79 Å². The van der Waals surface area contributed by atoms with E-state index >= 15 is 0 Å². The van der Waals surface area contributed by atoms with Crippen molar-refractivity contribution < 1.29 is 9.53 Å². The Labute approximate surface area is 214 Å². The minimum Gasteiger partial charge on any atom is -0.489 e. The first-order valence-corrected chi connectivity index (χ1v) is 12.0. The van der Waals surface area contributed by atoms with Crippen molar-refractivity contribution in [1.29, 1.82) is 0 Å². The van der Waals surface area contributed by atoms with Crippen LogP contribution in [0.25, 0.3) is 16.9 Å². The molecule has 5 nitrogen and oxygen atoms in total. The smallest absolute Gasteiger partial charge is 0.251 e. The number of hydrogen-bond donors (Lipinski definition) is 1. The molecule has 178 valence electrons. The molecule has 0 bridgehead atoms. The van der Waals surface area contributed by atoms with Gasteiger partial charge in [-0.05, 0) is 54.1 Å². The Kier molecular flexibility index (Phi) is 7.10. The van der Waals surface area contributed by atoms with Gasteiger partial charge in [0.2, 0.25) is 0 Å². The molecule has 0 radical (unpaired) electrons. The highest BCUT2D eigenvalue weighted by atomic mass is 35.5. The number of aromatic nitrogens is 2. The Morgan fingerprint density at radius 2 is 1.50 bits per heavy atom. The van der Waals surface area contributed by atoms with Crippen LogP contribution in [-0.2, 0) is 13.2 Å². The Hall–Kier alpha value is -4.35. The lowest BCUT2D eigenvalue weighted by Crippen LogP contribution is -2.22. The number of para-hydroxylation sites is 1. The number of carbonyl (C=O) groups is 1. The Morgan fingerprint density at radius 3 is 2.19 bits per heavy atom. The summed E-state index contributed by atoms with van der Waals surface area (Å²) in [4.78, 5) is 12.9. The van der Waals surface area contributed by atoms with Crippen molar-refractivity contribution in [1.82, 2.24) is 15.1 Å². The van der Waals surface area contributed by atoms with Crippen molar-refractivity contribution in [3.63, 3.8) is 0 Å². The number of nitrogens with zero attached hydrogens (tertiary/aromatic N) is 2. The molecule has 0 aliphatic rings. The normalized spacial score (nSPS) is 10.7. The number of ether oxygens (including phenoxy) is 1. The molecule has 0 saturated heterocycles. The van der Waals surface area contributed by atoms with Crippen LogP contribution in [0.4, 0.5) is 0 Å². The molecule has 0 aliphatic carbocycles. The number of halogens is 1. The molecule has 1 aromatic heterocycles. The molecule has 1 N–H and O–H groups in total. The van der Waals surface area contributed by atoms with E-state index in [4.69, 9.17) is 21.4 Å². The molecular weight excluding hydrogens is 470 g/mol. The lowest BCUT2D eigenvalue weighted by Gasteiger charge is -2.08. The summed E-state index contributed by atoms with van der Waals surface area (Å²) in [5, 5.41) is 8.52. The molecule has 0 atom stereocenters. The van der Waals surface area contributed by atoms with Gasteiger partial charge in [0.1, 0.15) is 12.4 Å². The SMILES string of the molecule is O=C(NCc1cn(-c2ccccc2)nc1-c1ccccc1)c1ccc(OCc2ccc(Cl)cc2)cc1. The van der Waals surface area contributed by atoms with Crippen LogP contribution in [0.3, 0.4) is 0 Å². The number of rotatable bonds is 8. The maximum atomic E-state index is 12.9. The number of carbonyl (C=O) groups excluding carboxylic acids is 1. The zero-order chi connectivity index (χ0) is 24.7. The van der Waals surface area contributed by atoms with E-state index in [9.17, 15) is 4.79 Å². The molecule has 0 aliphatic heterocycles. The van der Waals surface area contributed by atoms with Crippen molar-refractivity contribution in [2.45, 2.75) is 13.2 Å². The molecule has 6 heteroatoms. The molecule has 5 aromatic rings. The van der Waals surface area contributed by atoms with Crippen molar-refractivity contribution in [2.75, 3.05) is 0 Å². The summed E-state index contributed by atoms with van der Waals surface area (Å²) in [5.74, 6) is 0.530. The van der Waals surface area contributed by atoms with Gasteiger partial charge in [-0.15, -0.1) is 0 Å². The Balaban J connectivity index is 1.26. The first-order valence-electron chi connectivity index (χ1n) is 11.6. The van der Waals surface area contributed by atoms with E-state index in [2.05, 4.69) is 5.32 Å². The fraction of sp³-hybridized carbons (Fsp3) is 0.0667. The highest BCUT2D eigenvalue weighted by Crippen LogP contribution is 2.24. The topological polar surface area (TPSA) is 56.2 Å². The maximum absolute atomic E-state index is 12.9. The molecule has 5 rings (SSSR count). The highest BCUT2D eigenvalue weighted by molar-refractivity contribution is 6.30. The monoisotopic (exact) mass is 493 g/mol. The molecule has 0 fully saturated rings. The third-order valence-corrected chi connectivity index (χ3v) is 5.98. The van der Waals surface area contributed by atoms with Crippen LogP contribution in [-0.4, -0.2) is 15.7 Å². The van der Waals surface area contributed by atoms with Crippen LogP contribution in [0.15, 0.2) is 115 Å². The van der Waals surface area contributed by atoms with Crippen LogP contribution in [0.2, 0.25) is 5.02 Å². The first-order chi connectivity index (χ1) is 17.7. The van der Waals surface area contributed by atoms with E-state index < -0.39 is 0 Å². The van der Waals surface area contributed by atoms with Crippen LogP contribution in [0, 0.1) is 0 Å². The van der Waals surface area contributed by atoms with Crippen molar-refractivity contribution >= 4 is 17.5 Å². The van der Waals surface area contributed by atoms with Crippen molar-refractivity contribution in [2.24, 2.45) is 0 Å². The van der Waals surface area contributed by atoms with Crippen molar-refractivity contribution in [3.05, 3.63) is 137 Å². The third-order valence-electron chi connectivity index (χ3n) is 5.73. The minimum atomic E-state index is -0.161. The summed E-state index contributed by atoms with van der Waals surface area (Å²) in [6, 6.07) is 34.5. The van der Waals surface area contributed by atoms with Crippen LogP contribution < -0.4 is 10.1 Å². The lowest BCUT2D eigenvalue weighted by atomic mass is 10.1. The van der Waals surface area contributed by atoms with E-state index in [1.165, 1.54) is 0 Å². The molecule has 36 heavy (non-hydrogen) atoms. The van der Waals surface area contributed by atoms with Gasteiger partial charge in [-0.2, -0.15) is 5.10 Å². The third kappa shape index (κ3) is 5.65. The van der Waals surface area contributed by atoms with Gasteiger partial charge in [0.15, 0.2) is 0 Å². The van der Waals surface area contributed by atoms with Gasteiger partial charge in [0, 0.05) is 34.5 Å². The lowest BCUT2D eigenvalue weighted by molar-refractivity contribution is 0.0951. The van der Waals surface area contributed by atoms with Gasteiger partial charge in [0.25, 0.3) is 5.91 Å². The summed E-state index contributed by atoms with van der Waals surface area (Å²) in [6.45, 7) is 0.779. The molecule has 1 amide bonds. The zero-order valence-corrected chi connectivity index (χ0v) is 20.2. The van der Waals surface area contributed by atoms with Gasteiger partial charge >= 0.3 is 0 Å². The number of amides is 1. The molecule has 0 unspecified atom stereocenters. The van der Waals surface area contributed by atoms with Crippen molar-refractivity contribution in [3.8, 4) is 22.7 Å². The highest BCUT2D eigenvalue weighted by Gasteiger charge is 2.14. The first kappa shape index (κ1) is 23.4. The van der Waals surface area contributed by atoms with Gasteiger partial charge in [-0.1, -0.05) is 72.3 Å². The van der Waals surface area contributed by atoms with E-state index in [0.717, 1.165) is 28.1 Å². The van der Waals surface area contributed by atoms with Gasteiger partial charge < -0.3 is 10.1 Å². The zero-order valence-electron chi connectivity index (χ0n) is 19.5. The van der Waals surface area contributed by atoms with Crippen LogP contribution >= 0.6 is 11.6 Å². The van der Waals surface area contributed by atoms with E-state index in [-0.39, 0.29) is 5.91 Å². The summed E-state index contributed by atoms with van der Waals surface area (Å²) < 4.78 is 7.66. The average Bonchev–Trinajstić information content (AvgIpc) is 3.37. The summed E-state index contributed by atoms with van der Waals surface area (Å²) in [5.41, 5.74) is 5.31. The second-order valence-corrected chi connectivity index (χ2v) is 8.71. The molecule has 4 aromatic carbocycles. The standard InChI is InChI=1S/C30H24ClN3O2/c31-26-15-11-22(12-16-26)21-36-28-17-13-24(14-18-28)30(35)32-19-25-20-34(27-9-5-2-6-10-27)33-29(25)23-7-3-1-4-8-23/h1-18,20H,19,21H2,(H,32,35). The number of nitrogens with one attached hydrogen (secondary N) is 1. The maximum Gasteiger partial charge on any atom is 0.251 e. The van der Waals surface area contributed by atoms with Crippen LogP contribution in [0.5, 0.6) is 5.75 Å². The Bertz CT molecular complexity index is 1430. The average molecular weight is 494 g/mol. The molecule has 0 spiro atoms. The fourth-order valence-electron chi connectivity index (χ4n) is 3.82. The molecular formula is C30H24ClN3O2. The molecule has 1 heterocycles. The second kappa shape index (κ2) is 10.9. The summed E-state index contributed by atoms with van der Waals surface area (Å²) in [6.07, 6.45) is 1.96. The predicted molar refractivity (Wildman–Crippen MR) is 142 cm³/mol. The van der Waals surface area contributed by atoms with Gasteiger partial charge in [0.05, 0.1) is 11.4 Å².